The van der Waals surface area contributed by atoms with Gasteiger partial charge in [0.15, 0.2) is 5.11 Å². The molecule has 2 aromatic rings. The highest BCUT2D eigenvalue weighted by Gasteiger charge is 2.43. The summed E-state index contributed by atoms with van der Waals surface area (Å²) in [5, 5.41) is 3.57. The fourth-order valence-corrected chi connectivity index (χ4v) is 3.74. The highest BCUT2D eigenvalue weighted by Crippen LogP contribution is 2.27. The first-order valence-corrected chi connectivity index (χ1v) is 10.1. The average Bonchev–Trinajstić information content (AvgIpc) is 3.00. The minimum atomic E-state index is -0.656. The van der Waals surface area contributed by atoms with Crippen molar-refractivity contribution in [2.24, 2.45) is 0 Å². The van der Waals surface area contributed by atoms with Crippen LogP contribution in [0.1, 0.15) is 24.5 Å². The molecule has 29 heavy (non-hydrogen) atoms. The van der Waals surface area contributed by atoms with Gasteiger partial charge in [0.1, 0.15) is 6.04 Å². The molecule has 150 valence electrons. The van der Waals surface area contributed by atoms with Crippen molar-refractivity contribution in [1.82, 2.24) is 4.90 Å². The zero-order valence-electron chi connectivity index (χ0n) is 16.7. The number of benzene rings is 2. The standard InChI is InChI=1S/C23H25N3O2S/c1-4-13-25(23(29)24-18-8-6-7-16(3)14-18)20-15-21(27)26(22(20)28)19-11-9-17(5-2)10-12-19/h4,6-12,14,20H,1,5,13,15H2,2-3H3,(H,24,29). The van der Waals surface area contributed by atoms with Crippen LogP contribution in [0.3, 0.4) is 0 Å². The summed E-state index contributed by atoms with van der Waals surface area (Å²) in [6.45, 7) is 8.20. The highest BCUT2D eigenvalue weighted by molar-refractivity contribution is 7.80. The van der Waals surface area contributed by atoms with Gasteiger partial charge in [0, 0.05) is 12.2 Å². The summed E-state index contributed by atoms with van der Waals surface area (Å²) in [5.74, 6) is -0.494. The summed E-state index contributed by atoms with van der Waals surface area (Å²) < 4.78 is 0. The number of anilines is 2. The predicted molar refractivity (Wildman–Crippen MR) is 121 cm³/mol. The van der Waals surface area contributed by atoms with Gasteiger partial charge in [-0.05, 0) is 61.0 Å². The van der Waals surface area contributed by atoms with Crippen LogP contribution in [0.4, 0.5) is 11.4 Å². The molecule has 5 nitrogen and oxygen atoms in total. The zero-order valence-corrected chi connectivity index (χ0v) is 17.5. The number of rotatable bonds is 6. The molecule has 1 unspecified atom stereocenters. The van der Waals surface area contributed by atoms with Crippen LogP contribution >= 0.6 is 12.2 Å². The third-order valence-corrected chi connectivity index (χ3v) is 5.29. The second kappa shape index (κ2) is 9.01. The Balaban J connectivity index is 1.81. The van der Waals surface area contributed by atoms with E-state index in [1.54, 1.807) is 11.0 Å². The smallest absolute Gasteiger partial charge is 0.257 e. The Bertz CT molecular complexity index is 939. The summed E-state index contributed by atoms with van der Waals surface area (Å²) in [4.78, 5) is 28.8. The van der Waals surface area contributed by atoms with E-state index in [1.807, 2.05) is 55.5 Å². The van der Waals surface area contributed by atoms with Gasteiger partial charge in [0.2, 0.25) is 5.91 Å². The molecule has 1 aliphatic heterocycles. The molecular weight excluding hydrogens is 382 g/mol. The van der Waals surface area contributed by atoms with Gasteiger partial charge in [-0.2, -0.15) is 0 Å². The van der Waals surface area contributed by atoms with Gasteiger partial charge in [0.25, 0.3) is 5.91 Å². The van der Waals surface area contributed by atoms with E-state index < -0.39 is 6.04 Å². The van der Waals surface area contributed by atoms with Gasteiger partial charge in [-0.3, -0.25) is 9.59 Å². The minimum absolute atomic E-state index is 0.0812. The second-order valence-electron chi connectivity index (χ2n) is 7.05. The van der Waals surface area contributed by atoms with Crippen LogP contribution < -0.4 is 10.2 Å². The third-order valence-electron chi connectivity index (χ3n) is 4.96. The molecule has 0 aromatic heterocycles. The molecule has 1 aliphatic rings. The summed E-state index contributed by atoms with van der Waals surface area (Å²) in [6, 6.07) is 14.7. The molecular formula is C23H25N3O2S. The Morgan fingerprint density at radius 1 is 1.28 bits per heavy atom. The van der Waals surface area contributed by atoms with E-state index in [1.165, 1.54) is 4.90 Å². The molecule has 1 saturated heterocycles. The lowest BCUT2D eigenvalue weighted by molar-refractivity contribution is -0.122. The molecule has 0 aliphatic carbocycles. The molecule has 0 bridgehead atoms. The van der Waals surface area contributed by atoms with E-state index in [2.05, 4.69) is 18.8 Å². The molecule has 1 N–H and O–H groups in total. The van der Waals surface area contributed by atoms with E-state index in [-0.39, 0.29) is 18.2 Å². The summed E-state index contributed by atoms with van der Waals surface area (Å²) >= 11 is 5.57. The van der Waals surface area contributed by atoms with E-state index in [9.17, 15) is 9.59 Å². The number of hydrogen-bond donors (Lipinski definition) is 1. The molecule has 1 heterocycles. The van der Waals surface area contributed by atoms with Crippen molar-refractivity contribution < 1.29 is 9.59 Å². The Morgan fingerprint density at radius 2 is 2.00 bits per heavy atom. The van der Waals surface area contributed by atoms with Crippen LogP contribution in [-0.4, -0.2) is 34.4 Å². The minimum Gasteiger partial charge on any atom is -0.333 e. The van der Waals surface area contributed by atoms with Gasteiger partial charge < -0.3 is 10.2 Å². The van der Waals surface area contributed by atoms with Crippen LogP contribution in [0.2, 0.25) is 0 Å². The fraction of sp³-hybridized carbons (Fsp3) is 0.261. The average molecular weight is 408 g/mol. The number of aryl methyl sites for hydroxylation is 2. The molecule has 2 amide bonds. The lowest BCUT2D eigenvalue weighted by atomic mass is 10.1. The van der Waals surface area contributed by atoms with Crippen molar-refractivity contribution in [3.05, 3.63) is 72.3 Å². The van der Waals surface area contributed by atoms with E-state index in [0.717, 1.165) is 23.2 Å². The number of thiocarbonyl (C=S) groups is 1. The molecule has 2 aromatic carbocycles. The Hall–Kier alpha value is -2.99. The van der Waals surface area contributed by atoms with Crippen molar-refractivity contribution >= 4 is 40.5 Å². The normalized spacial score (nSPS) is 16.1. The lowest BCUT2D eigenvalue weighted by Gasteiger charge is -2.29. The van der Waals surface area contributed by atoms with Crippen molar-refractivity contribution in [2.75, 3.05) is 16.8 Å². The number of imide groups is 1. The Kier molecular flexibility index (Phi) is 6.44. The maximum absolute atomic E-state index is 13.1. The van der Waals surface area contributed by atoms with Crippen LogP contribution in [0.15, 0.2) is 61.2 Å². The number of nitrogens with zero attached hydrogens (tertiary/aromatic N) is 2. The molecule has 0 spiro atoms. The number of carbonyl (C=O) groups is 2. The quantitative estimate of drug-likeness (QED) is 0.444. The number of nitrogens with one attached hydrogen (secondary N) is 1. The summed E-state index contributed by atoms with van der Waals surface area (Å²) in [6.07, 6.45) is 2.66. The van der Waals surface area contributed by atoms with E-state index in [0.29, 0.717) is 17.3 Å². The van der Waals surface area contributed by atoms with E-state index in [4.69, 9.17) is 12.2 Å². The Morgan fingerprint density at radius 3 is 2.62 bits per heavy atom. The SMILES string of the molecule is C=CCN(C(=S)Nc1cccc(C)c1)C1CC(=O)N(c2ccc(CC)cc2)C1=O. The van der Waals surface area contributed by atoms with Crippen LogP contribution in [-0.2, 0) is 16.0 Å². The van der Waals surface area contributed by atoms with Crippen molar-refractivity contribution in [3.63, 3.8) is 0 Å². The maximum atomic E-state index is 13.1. The first-order chi connectivity index (χ1) is 13.9. The first kappa shape index (κ1) is 20.7. The van der Waals surface area contributed by atoms with Gasteiger partial charge in [-0.15, -0.1) is 6.58 Å². The fourth-order valence-electron chi connectivity index (χ4n) is 3.42. The molecule has 3 rings (SSSR count). The Labute approximate surface area is 177 Å². The maximum Gasteiger partial charge on any atom is 0.257 e. The highest BCUT2D eigenvalue weighted by atomic mass is 32.1. The summed E-state index contributed by atoms with van der Waals surface area (Å²) in [5.41, 5.74) is 3.69. The van der Waals surface area contributed by atoms with Crippen LogP contribution in [0.25, 0.3) is 0 Å². The van der Waals surface area contributed by atoms with Gasteiger partial charge in [-0.1, -0.05) is 37.3 Å². The molecule has 0 radical (unpaired) electrons. The van der Waals surface area contributed by atoms with Gasteiger partial charge >= 0.3 is 0 Å². The lowest BCUT2D eigenvalue weighted by Crippen LogP contribution is -2.47. The largest absolute Gasteiger partial charge is 0.333 e. The number of hydrogen-bond acceptors (Lipinski definition) is 3. The van der Waals surface area contributed by atoms with Crippen LogP contribution in [0.5, 0.6) is 0 Å². The molecule has 1 atom stereocenters. The monoisotopic (exact) mass is 407 g/mol. The van der Waals surface area contributed by atoms with Gasteiger partial charge in [0.05, 0.1) is 12.1 Å². The predicted octanol–water partition coefficient (Wildman–Crippen LogP) is 4.07. The van der Waals surface area contributed by atoms with Crippen molar-refractivity contribution in [3.8, 4) is 0 Å². The topological polar surface area (TPSA) is 52.7 Å². The summed E-state index contributed by atoms with van der Waals surface area (Å²) in [7, 11) is 0. The molecule has 0 saturated carbocycles. The van der Waals surface area contributed by atoms with Crippen molar-refractivity contribution in [2.45, 2.75) is 32.7 Å². The van der Waals surface area contributed by atoms with E-state index >= 15 is 0 Å². The zero-order chi connectivity index (χ0) is 21.0. The second-order valence-corrected chi connectivity index (χ2v) is 7.43. The first-order valence-electron chi connectivity index (χ1n) is 9.65. The van der Waals surface area contributed by atoms with Crippen LogP contribution in [0, 0.1) is 6.92 Å². The van der Waals surface area contributed by atoms with Crippen molar-refractivity contribution in [1.29, 1.82) is 0 Å². The van der Waals surface area contributed by atoms with Gasteiger partial charge in [-0.25, -0.2) is 4.90 Å². The number of amides is 2. The number of carbonyl (C=O) groups excluding carboxylic acids is 2. The molecule has 6 heteroatoms. The molecule has 1 fully saturated rings. The third kappa shape index (κ3) is 4.54.